The van der Waals surface area contributed by atoms with E-state index in [4.69, 9.17) is 4.42 Å². The van der Waals surface area contributed by atoms with E-state index in [9.17, 15) is 9.18 Å². The van der Waals surface area contributed by atoms with Crippen molar-refractivity contribution < 1.29 is 13.6 Å². The molecule has 0 aliphatic rings. The van der Waals surface area contributed by atoms with E-state index in [1.165, 1.54) is 12.1 Å². The monoisotopic (exact) mass is 378 g/mol. The second-order valence-corrected chi connectivity index (χ2v) is 6.48. The third-order valence-electron chi connectivity index (χ3n) is 4.48. The first kappa shape index (κ1) is 17.9. The molecule has 0 saturated heterocycles. The van der Waals surface area contributed by atoms with Gasteiger partial charge in [-0.25, -0.2) is 14.4 Å². The summed E-state index contributed by atoms with van der Waals surface area (Å²) < 4.78 is 21.0. The molecule has 0 spiro atoms. The summed E-state index contributed by atoms with van der Waals surface area (Å²) in [5.41, 5.74) is 2.11. The minimum Gasteiger partial charge on any atom is -0.441 e. The minimum atomic E-state index is -0.362. The summed E-state index contributed by atoms with van der Waals surface area (Å²) in [6.45, 7) is 2.22. The van der Waals surface area contributed by atoms with Crippen LogP contribution >= 0.6 is 0 Å². The average molecular weight is 378 g/mol. The van der Waals surface area contributed by atoms with Gasteiger partial charge in [0.05, 0.1) is 23.8 Å². The number of nitrogens with zero attached hydrogens (tertiary/aromatic N) is 3. The summed E-state index contributed by atoms with van der Waals surface area (Å²) in [5.74, 6) is 1.24. The van der Waals surface area contributed by atoms with Crippen molar-refractivity contribution in [1.29, 1.82) is 0 Å². The summed E-state index contributed by atoms with van der Waals surface area (Å²) in [6, 6.07) is 11.9. The lowest BCUT2D eigenvalue weighted by molar-refractivity contribution is -0.120. The average Bonchev–Trinajstić information content (AvgIpc) is 3.26. The van der Waals surface area contributed by atoms with Crippen LogP contribution in [0.5, 0.6) is 0 Å². The van der Waals surface area contributed by atoms with Gasteiger partial charge < -0.3 is 14.1 Å². The van der Waals surface area contributed by atoms with Crippen LogP contribution in [0.2, 0.25) is 0 Å². The lowest BCUT2D eigenvalue weighted by Gasteiger charge is -2.04. The molecule has 0 atom stereocenters. The van der Waals surface area contributed by atoms with E-state index in [0.717, 1.165) is 11.3 Å². The van der Waals surface area contributed by atoms with Gasteiger partial charge in [-0.05, 0) is 37.3 Å². The van der Waals surface area contributed by atoms with Crippen LogP contribution in [-0.2, 0) is 17.6 Å². The molecule has 142 valence electrons. The number of carbonyl (C=O) groups is 1. The van der Waals surface area contributed by atoms with Crippen LogP contribution < -0.4 is 5.32 Å². The van der Waals surface area contributed by atoms with E-state index in [1.54, 1.807) is 19.1 Å². The summed E-state index contributed by atoms with van der Waals surface area (Å²) >= 11 is 0. The Morgan fingerprint density at radius 3 is 3.00 bits per heavy atom. The lowest BCUT2D eigenvalue weighted by atomic mass is 10.2. The first-order valence-electron chi connectivity index (χ1n) is 9.00. The van der Waals surface area contributed by atoms with Crippen molar-refractivity contribution >= 4 is 11.4 Å². The quantitative estimate of drug-likeness (QED) is 0.559. The normalized spacial score (nSPS) is 11.1. The fraction of sp³-hybridized carbons (Fsp3) is 0.190. The van der Waals surface area contributed by atoms with Crippen molar-refractivity contribution in [3.05, 3.63) is 78.0 Å². The summed E-state index contributed by atoms with van der Waals surface area (Å²) in [7, 11) is 0. The number of pyridine rings is 1. The van der Waals surface area contributed by atoms with Gasteiger partial charge in [0, 0.05) is 24.7 Å². The molecule has 28 heavy (non-hydrogen) atoms. The van der Waals surface area contributed by atoms with Crippen LogP contribution in [0, 0.1) is 12.7 Å². The van der Waals surface area contributed by atoms with Crippen LogP contribution in [0.15, 0.2) is 59.3 Å². The summed E-state index contributed by atoms with van der Waals surface area (Å²) in [4.78, 5) is 21.0. The predicted octanol–water partition coefficient (Wildman–Crippen LogP) is 3.34. The van der Waals surface area contributed by atoms with Gasteiger partial charge in [-0.15, -0.1) is 0 Å². The molecule has 4 rings (SSSR count). The molecule has 0 aliphatic heterocycles. The van der Waals surface area contributed by atoms with Crippen molar-refractivity contribution in [2.45, 2.75) is 19.8 Å². The van der Waals surface area contributed by atoms with E-state index in [2.05, 4.69) is 15.3 Å². The Bertz CT molecular complexity index is 1130. The molecule has 3 heterocycles. The molecular formula is C21H19FN4O2. The fourth-order valence-corrected chi connectivity index (χ4v) is 3.05. The smallest absolute Gasteiger partial charge is 0.226 e. The summed E-state index contributed by atoms with van der Waals surface area (Å²) in [5, 5.41) is 2.89. The van der Waals surface area contributed by atoms with Crippen LogP contribution in [0.4, 0.5) is 4.39 Å². The molecule has 1 aromatic carbocycles. The van der Waals surface area contributed by atoms with E-state index in [-0.39, 0.29) is 18.1 Å². The van der Waals surface area contributed by atoms with E-state index >= 15 is 0 Å². The molecule has 0 bridgehead atoms. The van der Waals surface area contributed by atoms with Crippen LogP contribution in [0.3, 0.4) is 0 Å². The van der Waals surface area contributed by atoms with Crippen molar-refractivity contribution in [2.24, 2.45) is 0 Å². The SMILES string of the molecule is Cc1oc(-c2cccc(F)c2)nc1CC(=O)NCCc1ncc2ccccn12. The number of oxazole rings is 1. The standard InChI is InChI=1S/C21H19FN4O2/c1-14-18(25-21(28-14)15-5-4-6-16(22)11-15)12-20(27)23-9-8-19-24-13-17-7-2-3-10-26(17)19/h2-7,10-11,13H,8-9,12H2,1H3,(H,23,27). The highest BCUT2D eigenvalue weighted by atomic mass is 19.1. The molecule has 3 aromatic heterocycles. The van der Waals surface area contributed by atoms with Crippen molar-refractivity contribution in [3.63, 3.8) is 0 Å². The van der Waals surface area contributed by atoms with Gasteiger partial charge >= 0.3 is 0 Å². The Morgan fingerprint density at radius 1 is 1.25 bits per heavy atom. The van der Waals surface area contributed by atoms with Crippen molar-refractivity contribution in [3.8, 4) is 11.5 Å². The number of amides is 1. The topological polar surface area (TPSA) is 72.4 Å². The number of halogens is 1. The molecule has 1 N–H and O–H groups in total. The number of aromatic nitrogens is 3. The Morgan fingerprint density at radius 2 is 2.14 bits per heavy atom. The minimum absolute atomic E-state index is 0.104. The number of hydrogen-bond acceptors (Lipinski definition) is 4. The molecule has 6 nitrogen and oxygen atoms in total. The Balaban J connectivity index is 1.36. The van der Waals surface area contributed by atoms with Gasteiger partial charge in [-0.1, -0.05) is 12.1 Å². The highest BCUT2D eigenvalue weighted by Gasteiger charge is 2.15. The van der Waals surface area contributed by atoms with Gasteiger partial charge in [0.25, 0.3) is 0 Å². The highest BCUT2D eigenvalue weighted by Crippen LogP contribution is 2.22. The van der Waals surface area contributed by atoms with E-state index < -0.39 is 0 Å². The predicted molar refractivity (Wildman–Crippen MR) is 102 cm³/mol. The first-order valence-corrected chi connectivity index (χ1v) is 9.00. The van der Waals surface area contributed by atoms with E-state index in [0.29, 0.717) is 35.9 Å². The molecule has 0 radical (unpaired) electrons. The Hall–Kier alpha value is -3.48. The number of nitrogens with one attached hydrogen (secondary N) is 1. The van der Waals surface area contributed by atoms with E-state index in [1.807, 2.05) is 35.0 Å². The zero-order chi connectivity index (χ0) is 19.5. The number of aryl methyl sites for hydroxylation is 1. The van der Waals surface area contributed by atoms with Gasteiger partial charge in [0.1, 0.15) is 17.4 Å². The molecule has 7 heteroatoms. The van der Waals surface area contributed by atoms with Crippen LogP contribution in [0.1, 0.15) is 17.3 Å². The second kappa shape index (κ2) is 7.64. The number of fused-ring (bicyclic) bond motifs is 1. The fourth-order valence-electron chi connectivity index (χ4n) is 3.05. The third kappa shape index (κ3) is 3.78. The number of rotatable bonds is 6. The number of imidazole rings is 1. The van der Waals surface area contributed by atoms with Crippen molar-refractivity contribution in [1.82, 2.24) is 19.7 Å². The Labute approximate surface area is 161 Å². The molecule has 0 saturated carbocycles. The van der Waals surface area contributed by atoms with Crippen LogP contribution in [-0.4, -0.2) is 26.8 Å². The van der Waals surface area contributed by atoms with Crippen LogP contribution in [0.25, 0.3) is 17.0 Å². The molecule has 1 amide bonds. The Kier molecular flexibility index (Phi) is 4.89. The van der Waals surface area contributed by atoms with Gasteiger partial charge in [0.15, 0.2) is 0 Å². The summed E-state index contributed by atoms with van der Waals surface area (Å²) in [6.07, 6.45) is 4.49. The zero-order valence-electron chi connectivity index (χ0n) is 15.4. The molecule has 0 unspecified atom stereocenters. The second-order valence-electron chi connectivity index (χ2n) is 6.48. The molecule has 0 aliphatic carbocycles. The number of carbonyl (C=O) groups excluding carboxylic acids is 1. The molecular weight excluding hydrogens is 359 g/mol. The van der Waals surface area contributed by atoms with Gasteiger partial charge in [-0.3, -0.25) is 4.79 Å². The third-order valence-corrected chi connectivity index (χ3v) is 4.48. The maximum atomic E-state index is 13.4. The molecule has 4 aromatic rings. The first-order chi connectivity index (χ1) is 13.6. The lowest BCUT2D eigenvalue weighted by Crippen LogP contribution is -2.28. The maximum Gasteiger partial charge on any atom is 0.226 e. The zero-order valence-corrected chi connectivity index (χ0v) is 15.4. The van der Waals surface area contributed by atoms with Gasteiger partial charge in [0.2, 0.25) is 11.8 Å². The largest absolute Gasteiger partial charge is 0.441 e. The maximum absolute atomic E-state index is 13.4. The number of hydrogen-bond donors (Lipinski definition) is 1. The number of benzene rings is 1. The molecule has 0 fully saturated rings. The van der Waals surface area contributed by atoms with Crippen molar-refractivity contribution in [2.75, 3.05) is 6.54 Å². The van der Waals surface area contributed by atoms with Gasteiger partial charge in [-0.2, -0.15) is 0 Å². The highest BCUT2D eigenvalue weighted by molar-refractivity contribution is 5.78.